The van der Waals surface area contributed by atoms with Gasteiger partial charge in [0, 0.05) is 0 Å². The Kier molecular flexibility index (Phi) is 2.28. The van der Waals surface area contributed by atoms with Crippen molar-refractivity contribution in [1.82, 2.24) is 0 Å². The molecule has 0 radical (unpaired) electrons. The largest absolute Gasteiger partial charge is 0.372 e. The van der Waals surface area contributed by atoms with Gasteiger partial charge in [-0.1, -0.05) is 24.6 Å². The van der Waals surface area contributed by atoms with E-state index in [1.54, 1.807) is 0 Å². The van der Waals surface area contributed by atoms with Crippen LogP contribution in [0, 0.1) is 17.8 Å². The fourth-order valence-corrected chi connectivity index (χ4v) is 4.41. The first-order chi connectivity index (χ1) is 8.34. The van der Waals surface area contributed by atoms with Gasteiger partial charge in [-0.05, 0) is 47.3 Å². The molecule has 17 heavy (non-hydrogen) atoms. The third kappa shape index (κ3) is 1.56. The molecule has 4 rings (SSSR count). The summed E-state index contributed by atoms with van der Waals surface area (Å²) in [4.78, 5) is 0. The van der Waals surface area contributed by atoms with E-state index in [4.69, 9.17) is 16.3 Å². The fraction of sp³-hybridized carbons (Fsp3) is 0.600. The second kappa shape index (κ2) is 3.73. The molecule has 1 aromatic carbocycles. The number of hydrogen-bond acceptors (Lipinski definition) is 1. The number of benzene rings is 1. The minimum Gasteiger partial charge on any atom is -0.372 e. The van der Waals surface area contributed by atoms with E-state index >= 15 is 0 Å². The average molecular weight is 249 g/mol. The Morgan fingerprint density at radius 3 is 2.71 bits per heavy atom. The van der Waals surface area contributed by atoms with Crippen LogP contribution in [0.25, 0.3) is 0 Å². The molecule has 3 unspecified atom stereocenters. The van der Waals surface area contributed by atoms with Crippen LogP contribution in [0.4, 0.5) is 0 Å². The van der Waals surface area contributed by atoms with E-state index in [1.165, 1.54) is 36.0 Å². The molecule has 0 amide bonds. The lowest BCUT2D eigenvalue weighted by atomic mass is 9.99. The van der Waals surface area contributed by atoms with Crippen LogP contribution in [-0.4, -0.2) is 0 Å². The molecule has 3 aliphatic rings. The molecule has 0 spiro atoms. The van der Waals surface area contributed by atoms with Crippen LogP contribution in [0.3, 0.4) is 0 Å². The summed E-state index contributed by atoms with van der Waals surface area (Å²) >= 11 is 6.67. The summed E-state index contributed by atoms with van der Waals surface area (Å²) in [6.45, 7) is 1.54. The molecule has 0 bridgehead atoms. The molecule has 0 aromatic heterocycles. The zero-order valence-electron chi connectivity index (χ0n) is 9.86. The van der Waals surface area contributed by atoms with Crippen molar-refractivity contribution in [3.63, 3.8) is 0 Å². The van der Waals surface area contributed by atoms with Gasteiger partial charge in [-0.25, -0.2) is 0 Å². The molecule has 1 nitrogen and oxygen atoms in total. The SMILES string of the molecule is ClC(c1ccc2c(c1)COC2)C1C2CCCC21. The summed E-state index contributed by atoms with van der Waals surface area (Å²) in [7, 11) is 0. The van der Waals surface area contributed by atoms with Crippen molar-refractivity contribution < 1.29 is 4.74 Å². The summed E-state index contributed by atoms with van der Waals surface area (Å²) in [5, 5.41) is 0.233. The molecule has 0 N–H and O–H groups in total. The summed E-state index contributed by atoms with van der Waals surface area (Å²) in [6.07, 6.45) is 4.24. The highest BCUT2D eigenvalue weighted by molar-refractivity contribution is 6.21. The quantitative estimate of drug-likeness (QED) is 0.718. The molecule has 2 heteroatoms. The molecule has 2 aliphatic carbocycles. The van der Waals surface area contributed by atoms with Crippen molar-refractivity contribution in [2.45, 2.75) is 37.9 Å². The lowest BCUT2D eigenvalue weighted by Gasteiger charge is -2.13. The first-order valence-electron chi connectivity index (χ1n) is 6.68. The Hall–Kier alpha value is -0.530. The zero-order valence-corrected chi connectivity index (χ0v) is 10.6. The van der Waals surface area contributed by atoms with Gasteiger partial charge < -0.3 is 4.74 Å². The van der Waals surface area contributed by atoms with Crippen molar-refractivity contribution in [2.24, 2.45) is 17.8 Å². The maximum Gasteiger partial charge on any atom is 0.0725 e. The summed E-state index contributed by atoms with van der Waals surface area (Å²) in [6, 6.07) is 6.68. The third-order valence-corrected chi connectivity index (χ3v) is 5.42. The van der Waals surface area contributed by atoms with Crippen LogP contribution in [0.1, 0.15) is 41.3 Å². The second-order valence-corrected chi connectivity index (χ2v) is 6.23. The van der Waals surface area contributed by atoms with E-state index < -0.39 is 0 Å². The number of ether oxygens (including phenoxy) is 1. The van der Waals surface area contributed by atoms with Crippen molar-refractivity contribution in [3.05, 3.63) is 34.9 Å². The first kappa shape index (κ1) is 10.4. The van der Waals surface area contributed by atoms with Crippen LogP contribution in [0.5, 0.6) is 0 Å². The van der Waals surface area contributed by atoms with Crippen LogP contribution in [-0.2, 0) is 18.0 Å². The van der Waals surface area contributed by atoms with E-state index in [2.05, 4.69) is 18.2 Å². The highest BCUT2D eigenvalue weighted by Crippen LogP contribution is 2.63. The molecule has 1 aromatic rings. The standard InChI is InChI=1S/C15H17ClO/c16-15(14-12-2-1-3-13(12)14)9-4-5-10-7-17-8-11(10)6-9/h4-6,12-15H,1-3,7-8H2. The van der Waals surface area contributed by atoms with Gasteiger partial charge in [-0.15, -0.1) is 11.6 Å². The van der Waals surface area contributed by atoms with Gasteiger partial charge in [0.05, 0.1) is 18.6 Å². The maximum absolute atomic E-state index is 6.67. The molecule has 2 fully saturated rings. The normalized spacial score (nSPS) is 35.5. The van der Waals surface area contributed by atoms with Crippen molar-refractivity contribution in [1.29, 1.82) is 0 Å². The van der Waals surface area contributed by atoms with Gasteiger partial charge in [0.15, 0.2) is 0 Å². The number of halogens is 1. The first-order valence-corrected chi connectivity index (χ1v) is 7.12. The molecular formula is C15H17ClO. The van der Waals surface area contributed by atoms with Crippen molar-refractivity contribution >= 4 is 11.6 Å². The minimum absolute atomic E-state index is 0.233. The third-order valence-electron chi connectivity index (χ3n) is 4.87. The van der Waals surface area contributed by atoms with E-state index in [1.807, 2.05) is 0 Å². The summed E-state index contributed by atoms with van der Waals surface area (Å²) in [5.41, 5.74) is 4.00. The topological polar surface area (TPSA) is 9.23 Å². The molecule has 90 valence electrons. The van der Waals surface area contributed by atoms with Crippen molar-refractivity contribution in [2.75, 3.05) is 0 Å². The summed E-state index contributed by atoms with van der Waals surface area (Å²) in [5.74, 6) is 2.62. The average Bonchev–Trinajstić information content (AvgIpc) is 2.75. The fourth-order valence-electron chi connectivity index (χ4n) is 3.90. The number of fused-ring (bicyclic) bond motifs is 2. The number of rotatable bonds is 2. The highest BCUT2D eigenvalue weighted by atomic mass is 35.5. The molecule has 2 saturated carbocycles. The van der Waals surface area contributed by atoms with Gasteiger partial charge in [0.2, 0.25) is 0 Å². The van der Waals surface area contributed by atoms with Gasteiger partial charge in [0.25, 0.3) is 0 Å². The Balaban J connectivity index is 1.58. The van der Waals surface area contributed by atoms with Crippen LogP contribution in [0.15, 0.2) is 18.2 Å². The monoisotopic (exact) mass is 248 g/mol. The predicted octanol–water partition coefficient (Wildman–Crippen LogP) is 4.04. The van der Waals surface area contributed by atoms with Gasteiger partial charge in [-0.2, -0.15) is 0 Å². The lowest BCUT2D eigenvalue weighted by molar-refractivity contribution is 0.134. The van der Waals surface area contributed by atoms with Crippen LogP contribution >= 0.6 is 11.6 Å². The Morgan fingerprint density at radius 2 is 1.88 bits per heavy atom. The maximum atomic E-state index is 6.67. The molecule has 0 saturated heterocycles. The Morgan fingerprint density at radius 1 is 1.12 bits per heavy atom. The Labute approximate surface area is 107 Å². The van der Waals surface area contributed by atoms with Gasteiger partial charge >= 0.3 is 0 Å². The van der Waals surface area contributed by atoms with E-state index in [0.717, 1.165) is 31.0 Å². The minimum atomic E-state index is 0.233. The number of hydrogen-bond donors (Lipinski definition) is 0. The van der Waals surface area contributed by atoms with E-state index in [0.29, 0.717) is 0 Å². The summed E-state index contributed by atoms with van der Waals surface area (Å²) < 4.78 is 5.46. The van der Waals surface area contributed by atoms with E-state index in [9.17, 15) is 0 Å². The highest BCUT2D eigenvalue weighted by Gasteiger charge is 2.55. The lowest BCUT2D eigenvalue weighted by Crippen LogP contribution is -1.99. The molecule has 1 aliphatic heterocycles. The molecular weight excluding hydrogens is 232 g/mol. The predicted molar refractivity (Wildman–Crippen MR) is 67.9 cm³/mol. The number of alkyl halides is 1. The van der Waals surface area contributed by atoms with Crippen LogP contribution in [0.2, 0.25) is 0 Å². The molecule has 1 heterocycles. The van der Waals surface area contributed by atoms with Crippen molar-refractivity contribution in [3.8, 4) is 0 Å². The van der Waals surface area contributed by atoms with Gasteiger partial charge in [0.1, 0.15) is 0 Å². The smallest absolute Gasteiger partial charge is 0.0725 e. The van der Waals surface area contributed by atoms with Gasteiger partial charge in [-0.3, -0.25) is 0 Å². The Bertz CT molecular complexity index is 446. The van der Waals surface area contributed by atoms with E-state index in [-0.39, 0.29) is 5.38 Å². The zero-order chi connectivity index (χ0) is 11.4. The van der Waals surface area contributed by atoms with Crippen LogP contribution < -0.4 is 0 Å². The molecule has 3 atom stereocenters. The second-order valence-electron chi connectivity index (χ2n) is 5.76.